The van der Waals surface area contributed by atoms with Crippen molar-refractivity contribution in [3.63, 3.8) is 0 Å². The molecule has 1 aromatic heterocycles. The van der Waals surface area contributed by atoms with Crippen molar-refractivity contribution in [1.29, 1.82) is 0 Å². The fourth-order valence-electron chi connectivity index (χ4n) is 0.703. The zero-order valence-corrected chi connectivity index (χ0v) is 8.13. The SMILES string of the molecule is NC(=O)CNC(=O)c1occc1Br. The molecule has 0 atom stereocenters. The van der Waals surface area contributed by atoms with Crippen LogP contribution in [0.3, 0.4) is 0 Å². The molecular formula is C7H7BrN2O3. The van der Waals surface area contributed by atoms with Crippen LogP contribution in [0.5, 0.6) is 0 Å². The first-order valence-corrected chi connectivity index (χ1v) is 4.20. The molecule has 1 aromatic rings. The van der Waals surface area contributed by atoms with E-state index in [1.165, 1.54) is 6.26 Å². The molecule has 0 bridgehead atoms. The van der Waals surface area contributed by atoms with Gasteiger partial charge in [-0.3, -0.25) is 9.59 Å². The molecule has 0 aliphatic heterocycles. The van der Waals surface area contributed by atoms with Crippen LogP contribution in [0.1, 0.15) is 10.6 Å². The van der Waals surface area contributed by atoms with Crippen LogP contribution in [-0.4, -0.2) is 18.4 Å². The van der Waals surface area contributed by atoms with Crippen LogP contribution in [0.25, 0.3) is 0 Å². The second kappa shape index (κ2) is 4.08. The Morgan fingerprint density at radius 1 is 1.62 bits per heavy atom. The van der Waals surface area contributed by atoms with Crippen LogP contribution in [0.2, 0.25) is 0 Å². The molecule has 70 valence electrons. The summed E-state index contributed by atoms with van der Waals surface area (Å²) in [6, 6.07) is 1.58. The lowest BCUT2D eigenvalue weighted by Gasteiger charge is -1.98. The molecule has 1 heterocycles. The molecule has 0 fully saturated rings. The van der Waals surface area contributed by atoms with E-state index in [0.717, 1.165) is 0 Å². The monoisotopic (exact) mass is 246 g/mol. The lowest BCUT2D eigenvalue weighted by molar-refractivity contribution is -0.117. The molecule has 0 aromatic carbocycles. The molecule has 0 radical (unpaired) electrons. The van der Waals surface area contributed by atoms with Gasteiger partial charge in [-0.15, -0.1) is 0 Å². The molecule has 1 rings (SSSR count). The third-order valence-electron chi connectivity index (χ3n) is 1.25. The van der Waals surface area contributed by atoms with E-state index in [4.69, 9.17) is 10.2 Å². The number of hydrogen-bond acceptors (Lipinski definition) is 3. The largest absolute Gasteiger partial charge is 0.458 e. The van der Waals surface area contributed by atoms with Crippen LogP contribution in [0.4, 0.5) is 0 Å². The predicted octanol–water partition coefficient (Wildman–Crippen LogP) is 0.257. The van der Waals surface area contributed by atoms with E-state index in [1.54, 1.807) is 6.07 Å². The predicted molar refractivity (Wildman–Crippen MR) is 47.9 cm³/mol. The number of nitrogens with one attached hydrogen (secondary N) is 1. The van der Waals surface area contributed by atoms with Crippen molar-refractivity contribution in [3.8, 4) is 0 Å². The molecule has 3 N–H and O–H groups in total. The lowest BCUT2D eigenvalue weighted by atomic mass is 10.4. The number of carbonyl (C=O) groups excluding carboxylic acids is 2. The van der Waals surface area contributed by atoms with Crippen LogP contribution in [0.15, 0.2) is 21.2 Å². The zero-order valence-electron chi connectivity index (χ0n) is 6.54. The first kappa shape index (κ1) is 9.79. The lowest BCUT2D eigenvalue weighted by Crippen LogP contribution is -2.33. The maximum atomic E-state index is 11.2. The highest BCUT2D eigenvalue weighted by Crippen LogP contribution is 2.16. The number of amides is 2. The molecular weight excluding hydrogens is 240 g/mol. The second-order valence-electron chi connectivity index (χ2n) is 2.25. The van der Waals surface area contributed by atoms with Gasteiger partial charge in [-0.05, 0) is 22.0 Å². The van der Waals surface area contributed by atoms with Crippen molar-refractivity contribution in [2.45, 2.75) is 0 Å². The van der Waals surface area contributed by atoms with Gasteiger partial charge in [-0.2, -0.15) is 0 Å². The topological polar surface area (TPSA) is 85.3 Å². The second-order valence-corrected chi connectivity index (χ2v) is 3.10. The highest BCUT2D eigenvalue weighted by atomic mass is 79.9. The summed E-state index contributed by atoms with van der Waals surface area (Å²) in [5.74, 6) is -0.951. The van der Waals surface area contributed by atoms with Crippen molar-refractivity contribution < 1.29 is 14.0 Å². The van der Waals surface area contributed by atoms with Crippen molar-refractivity contribution in [2.75, 3.05) is 6.54 Å². The summed E-state index contributed by atoms with van der Waals surface area (Å²) in [6.07, 6.45) is 1.36. The van der Waals surface area contributed by atoms with E-state index in [-0.39, 0.29) is 12.3 Å². The number of halogens is 1. The number of rotatable bonds is 3. The highest BCUT2D eigenvalue weighted by Gasteiger charge is 2.13. The third-order valence-corrected chi connectivity index (χ3v) is 1.87. The summed E-state index contributed by atoms with van der Waals surface area (Å²) in [6.45, 7) is -0.202. The molecule has 13 heavy (non-hydrogen) atoms. The summed E-state index contributed by atoms with van der Waals surface area (Å²) in [5.41, 5.74) is 4.84. The Bertz CT molecular complexity index is 334. The average Bonchev–Trinajstić information content (AvgIpc) is 2.47. The Labute approximate surface area is 82.4 Å². The molecule has 0 unspecified atom stereocenters. The van der Waals surface area contributed by atoms with E-state index in [9.17, 15) is 9.59 Å². The molecule has 0 saturated heterocycles. The van der Waals surface area contributed by atoms with Crippen molar-refractivity contribution in [1.82, 2.24) is 5.32 Å². The van der Waals surface area contributed by atoms with Gasteiger partial charge in [-0.1, -0.05) is 0 Å². The molecule has 5 nitrogen and oxygen atoms in total. The molecule has 0 spiro atoms. The normalized spacial score (nSPS) is 9.62. The maximum absolute atomic E-state index is 11.2. The minimum Gasteiger partial charge on any atom is -0.458 e. The summed E-state index contributed by atoms with van der Waals surface area (Å²) < 4.78 is 5.38. The Kier molecular flexibility index (Phi) is 3.07. The Morgan fingerprint density at radius 2 is 2.31 bits per heavy atom. The van der Waals surface area contributed by atoms with Gasteiger partial charge in [0.1, 0.15) is 0 Å². The van der Waals surface area contributed by atoms with Gasteiger partial charge < -0.3 is 15.5 Å². The van der Waals surface area contributed by atoms with Crippen LogP contribution in [-0.2, 0) is 4.79 Å². The number of primary amides is 1. The fraction of sp³-hybridized carbons (Fsp3) is 0.143. The Balaban J connectivity index is 2.59. The molecule has 0 saturated carbocycles. The van der Waals surface area contributed by atoms with Crippen molar-refractivity contribution in [3.05, 3.63) is 22.6 Å². The molecule has 0 aliphatic carbocycles. The van der Waals surface area contributed by atoms with E-state index in [2.05, 4.69) is 21.2 Å². The number of carbonyl (C=O) groups is 2. The Morgan fingerprint density at radius 3 is 2.77 bits per heavy atom. The summed E-state index contributed by atoms with van der Waals surface area (Å²) in [4.78, 5) is 21.5. The molecule has 2 amide bonds. The van der Waals surface area contributed by atoms with Gasteiger partial charge >= 0.3 is 0 Å². The minimum absolute atomic E-state index is 0.126. The van der Waals surface area contributed by atoms with E-state index in [1.807, 2.05) is 0 Å². The van der Waals surface area contributed by atoms with E-state index >= 15 is 0 Å². The Hall–Kier alpha value is -1.30. The van der Waals surface area contributed by atoms with Gasteiger partial charge in [-0.25, -0.2) is 0 Å². The molecule has 0 aliphatic rings. The van der Waals surface area contributed by atoms with Gasteiger partial charge in [0.25, 0.3) is 5.91 Å². The third kappa shape index (κ3) is 2.59. The van der Waals surface area contributed by atoms with Crippen molar-refractivity contribution in [2.24, 2.45) is 5.73 Å². The van der Waals surface area contributed by atoms with E-state index in [0.29, 0.717) is 4.47 Å². The number of hydrogen-bond donors (Lipinski definition) is 2. The summed E-state index contributed by atoms with van der Waals surface area (Å²) in [7, 11) is 0. The van der Waals surface area contributed by atoms with Gasteiger partial charge in [0.2, 0.25) is 11.7 Å². The summed E-state index contributed by atoms with van der Waals surface area (Å²) in [5, 5.41) is 2.29. The summed E-state index contributed by atoms with van der Waals surface area (Å²) >= 11 is 3.10. The van der Waals surface area contributed by atoms with Gasteiger partial charge in [0.15, 0.2) is 0 Å². The minimum atomic E-state index is -0.601. The highest BCUT2D eigenvalue weighted by molar-refractivity contribution is 9.10. The number of nitrogens with two attached hydrogens (primary N) is 1. The first-order chi connectivity index (χ1) is 6.11. The van der Waals surface area contributed by atoms with E-state index < -0.39 is 11.8 Å². The molecule has 6 heteroatoms. The maximum Gasteiger partial charge on any atom is 0.288 e. The average molecular weight is 247 g/mol. The van der Waals surface area contributed by atoms with Crippen LogP contribution in [0, 0.1) is 0 Å². The fourth-order valence-corrected chi connectivity index (χ4v) is 1.08. The quantitative estimate of drug-likeness (QED) is 0.803. The van der Waals surface area contributed by atoms with Gasteiger partial charge in [0.05, 0.1) is 17.3 Å². The first-order valence-electron chi connectivity index (χ1n) is 3.40. The smallest absolute Gasteiger partial charge is 0.288 e. The zero-order chi connectivity index (χ0) is 9.84. The number of furan rings is 1. The van der Waals surface area contributed by atoms with Crippen molar-refractivity contribution >= 4 is 27.7 Å². The van der Waals surface area contributed by atoms with Gasteiger partial charge in [0, 0.05) is 0 Å². The standard InChI is InChI=1S/C7H7BrN2O3/c8-4-1-2-13-6(4)7(12)10-3-5(9)11/h1-2H,3H2,(H2,9,11)(H,10,12). The van der Waals surface area contributed by atoms with Crippen LogP contribution < -0.4 is 11.1 Å². The van der Waals surface area contributed by atoms with Crippen LogP contribution >= 0.6 is 15.9 Å².